The molecule has 0 saturated heterocycles. The van der Waals surface area contributed by atoms with Crippen molar-refractivity contribution >= 4 is 32.8 Å². The summed E-state index contributed by atoms with van der Waals surface area (Å²) in [7, 11) is 0. The quantitative estimate of drug-likeness (QED) is 0.750. The Morgan fingerprint density at radius 3 is 3.00 bits per heavy atom. The average Bonchev–Trinajstić information content (AvgIpc) is 3.09. The standard InChI is InChI=1S/C15H14BrN5O/c16-10-2-3-12-11(8-10)13(22)20-14(19-12)17-9-15(4-5-15)21-7-1-6-18-21/h1-3,6-8H,4-5,9H2,(H2,17,19,20,22). The fraction of sp³-hybridized carbons (Fsp3) is 0.267. The van der Waals surface area contributed by atoms with Crippen LogP contribution in [0.1, 0.15) is 12.8 Å². The Bertz CT molecular complexity index is 883. The maximum Gasteiger partial charge on any atom is 0.260 e. The summed E-state index contributed by atoms with van der Waals surface area (Å²) in [6.07, 6.45) is 5.91. The Morgan fingerprint density at radius 2 is 2.27 bits per heavy atom. The zero-order valence-electron chi connectivity index (χ0n) is 11.7. The van der Waals surface area contributed by atoms with Crippen LogP contribution in [0.25, 0.3) is 10.9 Å². The summed E-state index contributed by atoms with van der Waals surface area (Å²) in [6, 6.07) is 7.41. The van der Waals surface area contributed by atoms with Crippen LogP contribution in [-0.4, -0.2) is 26.3 Å². The molecule has 0 radical (unpaired) electrons. The number of hydrogen-bond donors (Lipinski definition) is 2. The predicted octanol–water partition coefficient (Wildman–Crippen LogP) is 2.48. The molecule has 0 aliphatic heterocycles. The molecule has 0 unspecified atom stereocenters. The van der Waals surface area contributed by atoms with E-state index in [2.05, 4.69) is 36.3 Å². The van der Waals surface area contributed by atoms with Crippen LogP contribution in [0.15, 0.2) is 45.9 Å². The molecule has 1 aliphatic rings. The van der Waals surface area contributed by atoms with Crippen molar-refractivity contribution in [1.82, 2.24) is 19.7 Å². The van der Waals surface area contributed by atoms with Crippen LogP contribution in [0.4, 0.5) is 5.95 Å². The van der Waals surface area contributed by atoms with Gasteiger partial charge in [0, 0.05) is 23.4 Å². The molecule has 1 fully saturated rings. The first kappa shape index (κ1) is 13.5. The third-order valence-corrected chi connectivity index (χ3v) is 4.56. The van der Waals surface area contributed by atoms with Crippen LogP contribution in [0.5, 0.6) is 0 Å². The highest BCUT2D eigenvalue weighted by Gasteiger charge is 2.45. The molecule has 0 atom stereocenters. The number of rotatable bonds is 4. The van der Waals surface area contributed by atoms with E-state index in [-0.39, 0.29) is 11.1 Å². The minimum Gasteiger partial charge on any atom is -0.353 e. The lowest BCUT2D eigenvalue weighted by atomic mass is 10.2. The molecule has 6 nitrogen and oxygen atoms in total. The molecule has 0 spiro atoms. The maximum absolute atomic E-state index is 12.1. The van der Waals surface area contributed by atoms with E-state index in [0.29, 0.717) is 23.4 Å². The summed E-state index contributed by atoms with van der Waals surface area (Å²) in [5.74, 6) is 0.498. The number of nitrogens with one attached hydrogen (secondary N) is 2. The predicted molar refractivity (Wildman–Crippen MR) is 88.0 cm³/mol. The topological polar surface area (TPSA) is 75.6 Å². The summed E-state index contributed by atoms with van der Waals surface area (Å²) in [5.41, 5.74) is 0.549. The van der Waals surface area contributed by atoms with Crippen LogP contribution in [0, 0.1) is 0 Å². The number of aromatic nitrogens is 4. The number of H-pyrrole nitrogens is 1. The molecule has 4 rings (SSSR count). The fourth-order valence-corrected chi connectivity index (χ4v) is 2.98. The Hall–Kier alpha value is -2.15. The number of benzene rings is 1. The van der Waals surface area contributed by atoms with Crippen molar-refractivity contribution in [3.63, 3.8) is 0 Å². The van der Waals surface area contributed by atoms with Gasteiger partial charge in [-0.1, -0.05) is 15.9 Å². The van der Waals surface area contributed by atoms with E-state index in [0.717, 1.165) is 17.3 Å². The van der Waals surface area contributed by atoms with Crippen LogP contribution in [0.3, 0.4) is 0 Å². The number of hydrogen-bond acceptors (Lipinski definition) is 4. The molecular formula is C15H14BrN5O. The van der Waals surface area contributed by atoms with Gasteiger partial charge in [-0.15, -0.1) is 0 Å². The normalized spacial score (nSPS) is 15.9. The molecule has 112 valence electrons. The number of anilines is 1. The molecule has 1 aromatic carbocycles. The van der Waals surface area contributed by atoms with Gasteiger partial charge in [0.2, 0.25) is 5.95 Å². The second kappa shape index (κ2) is 4.95. The first-order valence-electron chi connectivity index (χ1n) is 7.10. The summed E-state index contributed by atoms with van der Waals surface area (Å²) in [5, 5.41) is 8.14. The van der Waals surface area contributed by atoms with Gasteiger partial charge in [-0.3, -0.25) is 14.5 Å². The van der Waals surface area contributed by atoms with Gasteiger partial charge in [-0.25, -0.2) is 4.98 Å². The highest BCUT2D eigenvalue weighted by molar-refractivity contribution is 9.10. The minimum absolute atomic E-state index is 0.0107. The molecule has 2 heterocycles. The Kier molecular flexibility index (Phi) is 3.04. The monoisotopic (exact) mass is 359 g/mol. The third kappa shape index (κ3) is 2.31. The summed E-state index contributed by atoms with van der Waals surface area (Å²) in [4.78, 5) is 19.4. The van der Waals surface area contributed by atoms with Crippen molar-refractivity contribution in [3.8, 4) is 0 Å². The van der Waals surface area contributed by atoms with E-state index in [1.165, 1.54) is 0 Å². The molecule has 2 N–H and O–H groups in total. The van der Waals surface area contributed by atoms with Crippen LogP contribution < -0.4 is 10.9 Å². The van der Waals surface area contributed by atoms with E-state index in [9.17, 15) is 4.79 Å². The zero-order valence-corrected chi connectivity index (χ0v) is 13.3. The maximum atomic E-state index is 12.1. The molecule has 1 saturated carbocycles. The number of nitrogens with zero attached hydrogens (tertiary/aromatic N) is 3. The summed E-state index contributed by atoms with van der Waals surface area (Å²) < 4.78 is 2.85. The van der Waals surface area contributed by atoms with Gasteiger partial charge < -0.3 is 5.32 Å². The Balaban J connectivity index is 1.60. The van der Waals surface area contributed by atoms with Gasteiger partial charge in [0.05, 0.1) is 16.4 Å². The molecule has 0 amide bonds. The lowest BCUT2D eigenvalue weighted by molar-refractivity contribution is 0.452. The summed E-state index contributed by atoms with van der Waals surface area (Å²) in [6.45, 7) is 0.694. The van der Waals surface area contributed by atoms with Crippen molar-refractivity contribution in [2.24, 2.45) is 0 Å². The molecule has 2 aromatic heterocycles. The van der Waals surface area contributed by atoms with Crippen LogP contribution in [0.2, 0.25) is 0 Å². The van der Waals surface area contributed by atoms with E-state index in [1.807, 2.05) is 29.1 Å². The van der Waals surface area contributed by atoms with Gasteiger partial charge in [0.15, 0.2) is 0 Å². The van der Waals surface area contributed by atoms with Crippen molar-refractivity contribution in [2.45, 2.75) is 18.4 Å². The zero-order chi connectivity index (χ0) is 15.2. The number of aromatic amines is 1. The molecule has 7 heteroatoms. The first-order valence-corrected chi connectivity index (χ1v) is 7.89. The SMILES string of the molecule is O=c1[nH]c(NCC2(n3cccn3)CC2)nc2ccc(Br)cc12. The van der Waals surface area contributed by atoms with Gasteiger partial charge in [-0.05, 0) is 37.1 Å². The van der Waals surface area contributed by atoms with Gasteiger partial charge in [-0.2, -0.15) is 5.10 Å². The largest absolute Gasteiger partial charge is 0.353 e. The molecule has 0 bridgehead atoms. The van der Waals surface area contributed by atoms with E-state index in [1.54, 1.807) is 12.3 Å². The van der Waals surface area contributed by atoms with Crippen LogP contribution in [-0.2, 0) is 5.54 Å². The lowest BCUT2D eigenvalue weighted by Gasteiger charge is -2.17. The Labute approximate surface area is 134 Å². The Morgan fingerprint density at radius 1 is 1.41 bits per heavy atom. The van der Waals surface area contributed by atoms with Crippen molar-refractivity contribution in [3.05, 3.63) is 51.5 Å². The molecule has 3 aromatic rings. The van der Waals surface area contributed by atoms with E-state index < -0.39 is 0 Å². The molecular weight excluding hydrogens is 346 g/mol. The smallest absolute Gasteiger partial charge is 0.260 e. The number of fused-ring (bicyclic) bond motifs is 1. The average molecular weight is 360 g/mol. The minimum atomic E-state index is -0.141. The van der Waals surface area contributed by atoms with Crippen molar-refractivity contribution < 1.29 is 0 Å². The third-order valence-electron chi connectivity index (χ3n) is 4.07. The molecule has 1 aliphatic carbocycles. The number of halogens is 1. The summed E-state index contributed by atoms with van der Waals surface area (Å²) >= 11 is 3.37. The van der Waals surface area contributed by atoms with E-state index in [4.69, 9.17) is 0 Å². The second-order valence-electron chi connectivity index (χ2n) is 5.60. The molecule has 22 heavy (non-hydrogen) atoms. The first-order chi connectivity index (χ1) is 10.7. The fourth-order valence-electron chi connectivity index (χ4n) is 2.62. The van der Waals surface area contributed by atoms with Crippen molar-refractivity contribution in [2.75, 3.05) is 11.9 Å². The van der Waals surface area contributed by atoms with Gasteiger partial charge in [0.25, 0.3) is 5.56 Å². The van der Waals surface area contributed by atoms with Crippen molar-refractivity contribution in [1.29, 1.82) is 0 Å². The highest BCUT2D eigenvalue weighted by Crippen LogP contribution is 2.42. The van der Waals surface area contributed by atoms with Gasteiger partial charge in [0.1, 0.15) is 0 Å². The van der Waals surface area contributed by atoms with Crippen LogP contribution >= 0.6 is 15.9 Å². The van der Waals surface area contributed by atoms with E-state index >= 15 is 0 Å². The lowest BCUT2D eigenvalue weighted by Crippen LogP contribution is -2.28. The highest BCUT2D eigenvalue weighted by atomic mass is 79.9. The van der Waals surface area contributed by atoms with Gasteiger partial charge >= 0.3 is 0 Å². The second-order valence-corrected chi connectivity index (χ2v) is 6.52.